The normalized spacial score (nSPS) is 11.2. The van der Waals surface area contributed by atoms with Crippen LogP contribution in [0, 0.1) is 13.8 Å². The van der Waals surface area contributed by atoms with Crippen molar-refractivity contribution in [3.05, 3.63) is 50.8 Å². The standard InChI is InChI=1S/C18H17N5O3S/c1-9-10(2)27-18-15(9)17(24)20-12(21-18)4-5-13-22-16(23-26-13)11-6-7-19-14(8-11)25-3/h6-8H,4-5H2,1-3H3,(H,20,21,24). The molecule has 9 heteroatoms. The molecule has 4 heterocycles. The number of aromatic amines is 1. The molecule has 0 saturated heterocycles. The van der Waals surface area contributed by atoms with Gasteiger partial charge >= 0.3 is 0 Å². The fourth-order valence-electron chi connectivity index (χ4n) is 2.78. The van der Waals surface area contributed by atoms with Crippen LogP contribution in [0.5, 0.6) is 5.88 Å². The Kier molecular flexibility index (Phi) is 4.44. The van der Waals surface area contributed by atoms with Crippen LogP contribution < -0.4 is 10.3 Å². The Morgan fingerprint density at radius 2 is 2.11 bits per heavy atom. The average molecular weight is 383 g/mol. The van der Waals surface area contributed by atoms with Crippen LogP contribution in [0.25, 0.3) is 21.6 Å². The third-order valence-electron chi connectivity index (χ3n) is 4.33. The highest BCUT2D eigenvalue weighted by atomic mass is 32.1. The predicted molar refractivity (Wildman–Crippen MR) is 101 cm³/mol. The minimum atomic E-state index is -0.105. The summed E-state index contributed by atoms with van der Waals surface area (Å²) >= 11 is 1.53. The van der Waals surface area contributed by atoms with Crippen LogP contribution >= 0.6 is 11.3 Å². The lowest BCUT2D eigenvalue weighted by atomic mass is 10.2. The Bertz CT molecular complexity index is 1180. The number of rotatable bonds is 5. The highest BCUT2D eigenvalue weighted by molar-refractivity contribution is 7.18. The molecule has 0 spiro atoms. The molecule has 4 rings (SSSR count). The smallest absolute Gasteiger partial charge is 0.259 e. The van der Waals surface area contributed by atoms with E-state index in [1.165, 1.54) is 11.3 Å². The summed E-state index contributed by atoms with van der Waals surface area (Å²) in [5.41, 5.74) is 1.64. The van der Waals surface area contributed by atoms with E-state index < -0.39 is 0 Å². The molecule has 138 valence electrons. The molecule has 4 aromatic heterocycles. The Labute approximate surface area is 158 Å². The first-order valence-electron chi connectivity index (χ1n) is 8.37. The maximum absolute atomic E-state index is 12.3. The van der Waals surface area contributed by atoms with Gasteiger partial charge < -0.3 is 14.2 Å². The van der Waals surface area contributed by atoms with E-state index in [-0.39, 0.29) is 5.56 Å². The van der Waals surface area contributed by atoms with Crippen molar-refractivity contribution in [1.82, 2.24) is 25.1 Å². The summed E-state index contributed by atoms with van der Waals surface area (Å²) < 4.78 is 10.4. The number of nitrogens with zero attached hydrogens (tertiary/aromatic N) is 4. The van der Waals surface area contributed by atoms with Crippen molar-refractivity contribution >= 4 is 21.6 Å². The van der Waals surface area contributed by atoms with Crippen molar-refractivity contribution < 1.29 is 9.26 Å². The highest BCUT2D eigenvalue weighted by Crippen LogP contribution is 2.26. The van der Waals surface area contributed by atoms with Crippen molar-refractivity contribution in [3.63, 3.8) is 0 Å². The fraction of sp³-hybridized carbons (Fsp3) is 0.278. The van der Waals surface area contributed by atoms with Crippen molar-refractivity contribution in [3.8, 4) is 17.3 Å². The lowest BCUT2D eigenvalue weighted by molar-refractivity contribution is 0.378. The number of hydrogen-bond donors (Lipinski definition) is 1. The molecule has 0 saturated carbocycles. The lowest BCUT2D eigenvalue weighted by Crippen LogP contribution is -2.12. The van der Waals surface area contributed by atoms with Crippen LogP contribution in [0.1, 0.15) is 22.2 Å². The average Bonchev–Trinajstić information content (AvgIpc) is 3.25. The van der Waals surface area contributed by atoms with E-state index in [0.29, 0.717) is 41.6 Å². The highest BCUT2D eigenvalue weighted by Gasteiger charge is 2.14. The van der Waals surface area contributed by atoms with Gasteiger partial charge in [-0.1, -0.05) is 5.16 Å². The molecule has 0 aliphatic heterocycles. The molecule has 0 amide bonds. The Hall–Kier alpha value is -3.07. The molecule has 27 heavy (non-hydrogen) atoms. The van der Waals surface area contributed by atoms with E-state index in [0.717, 1.165) is 20.8 Å². The summed E-state index contributed by atoms with van der Waals surface area (Å²) in [6.07, 6.45) is 2.61. The number of pyridine rings is 1. The number of methoxy groups -OCH3 is 1. The number of fused-ring (bicyclic) bond motifs is 1. The van der Waals surface area contributed by atoms with Crippen molar-refractivity contribution in [2.45, 2.75) is 26.7 Å². The second-order valence-electron chi connectivity index (χ2n) is 6.07. The summed E-state index contributed by atoms with van der Waals surface area (Å²) in [5, 5.41) is 4.67. The minimum Gasteiger partial charge on any atom is -0.481 e. The SMILES string of the molecule is COc1cc(-c2noc(CCc3nc4sc(C)c(C)c4c(=O)[nH]3)n2)ccn1. The summed E-state index contributed by atoms with van der Waals surface area (Å²) in [6, 6.07) is 3.52. The maximum Gasteiger partial charge on any atom is 0.259 e. The van der Waals surface area contributed by atoms with E-state index in [1.807, 2.05) is 13.8 Å². The molecule has 0 bridgehead atoms. The van der Waals surface area contributed by atoms with Gasteiger partial charge in [-0.3, -0.25) is 4.79 Å². The number of thiophene rings is 1. The van der Waals surface area contributed by atoms with E-state index in [1.54, 1.807) is 25.4 Å². The molecule has 1 N–H and O–H groups in total. The van der Waals surface area contributed by atoms with Gasteiger partial charge in [-0.05, 0) is 25.5 Å². The molecule has 0 unspecified atom stereocenters. The van der Waals surface area contributed by atoms with E-state index in [2.05, 4.69) is 25.1 Å². The van der Waals surface area contributed by atoms with Crippen LogP contribution in [0.2, 0.25) is 0 Å². The second kappa shape index (κ2) is 6.92. The first-order valence-corrected chi connectivity index (χ1v) is 9.18. The molecule has 0 aromatic carbocycles. The number of hydrogen-bond acceptors (Lipinski definition) is 8. The summed E-state index contributed by atoms with van der Waals surface area (Å²) in [7, 11) is 1.55. The van der Waals surface area contributed by atoms with Gasteiger partial charge in [0.1, 0.15) is 10.7 Å². The molecule has 4 aromatic rings. The molecule has 0 aliphatic carbocycles. The third kappa shape index (κ3) is 3.33. The molecular weight excluding hydrogens is 366 g/mol. The van der Waals surface area contributed by atoms with Crippen molar-refractivity contribution in [1.29, 1.82) is 0 Å². The van der Waals surface area contributed by atoms with Gasteiger partial charge in [0.25, 0.3) is 5.56 Å². The van der Waals surface area contributed by atoms with Gasteiger partial charge in [-0.2, -0.15) is 4.98 Å². The monoisotopic (exact) mass is 383 g/mol. The van der Waals surface area contributed by atoms with Crippen LogP contribution in [-0.4, -0.2) is 32.2 Å². The molecule has 0 atom stereocenters. The summed E-state index contributed by atoms with van der Waals surface area (Å²) in [4.78, 5) is 30.1. The first kappa shape index (κ1) is 17.3. The second-order valence-corrected chi connectivity index (χ2v) is 7.28. The van der Waals surface area contributed by atoms with Gasteiger partial charge in [0, 0.05) is 35.5 Å². The van der Waals surface area contributed by atoms with Crippen LogP contribution in [0.4, 0.5) is 0 Å². The summed E-state index contributed by atoms with van der Waals surface area (Å²) in [6.45, 7) is 3.94. The Balaban J connectivity index is 1.53. The van der Waals surface area contributed by atoms with Gasteiger partial charge in [-0.25, -0.2) is 9.97 Å². The molecule has 0 radical (unpaired) electrons. The number of nitrogens with one attached hydrogen (secondary N) is 1. The zero-order valence-electron chi connectivity index (χ0n) is 15.1. The zero-order valence-corrected chi connectivity index (χ0v) is 15.9. The molecule has 8 nitrogen and oxygen atoms in total. The van der Waals surface area contributed by atoms with E-state index in [4.69, 9.17) is 9.26 Å². The van der Waals surface area contributed by atoms with Crippen LogP contribution in [0.3, 0.4) is 0 Å². The van der Waals surface area contributed by atoms with Gasteiger partial charge in [0.2, 0.25) is 17.6 Å². The molecular formula is C18H17N5O3S. The summed E-state index contributed by atoms with van der Waals surface area (Å²) in [5.74, 6) is 2.03. The quantitative estimate of drug-likeness (QED) is 0.565. The minimum absolute atomic E-state index is 0.105. The number of H-pyrrole nitrogens is 1. The zero-order chi connectivity index (χ0) is 19.0. The van der Waals surface area contributed by atoms with Crippen LogP contribution in [-0.2, 0) is 12.8 Å². The number of ether oxygens (including phenoxy) is 1. The molecule has 0 fully saturated rings. The van der Waals surface area contributed by atoms with Crippen LogP contribution in [0.15, 0.2) is 27.6 Å². The maximum atomic E-state index is 12.3. The third-order valence-corrected chi connectivity index (χ3v) is 5.44. The Morgan fingerprint density at radius 1 is 1.26 bits per heavy atom. The fourth-order valence-corrected chi connectivity index (χ4v) is 3.83. The van der Waals surface area contributed by atoms with E-state index in [9.17, 15) is 4.79 Å². The Morgan fingerprint density at radius 3 is 2.93 bits per heavy atom. The number of aromatic nitrogens is 5. The van der Waals surface area contributed by atoms with Gasteiger partial charge in [-0.15, -0.1) is 11.3 Å². The van der Waals surface area contributed by atoms with Gasteiger partial charge in [0.15, 0.2) is 0 Å². The number of aryl methyl sites for hydroxylation is 4. The largest absolute Gasteiger partial charge is 0.481 e. The van der Waals surface area contributed by atoms with Gasteiger partial charge in [0.05, 0.1) is 12.5 Å². The lowest BCUT2D eigenvalue weighted by Gasteiger charge is -1.99. The van der Waals surface area contributed by atoms with Crippen molar-refractivity contribution in [2.75, 3.05) is 7.11 Å². The predicted octanol–water partition coefficient (Wildman–Crippen LogP) is 2.84. The van der Waals surface area contributed by atoms with E-state index >= 15 is 0 Å². The first-order chi connectivity index (χ1) is 13.0. The topological polar surface area (TPSA) is 107 Å². The molecule has 0 aliphatic rings. The van der Waals surface area contributed by atoms with Crippen molar-refractivity contribution in [2.24, 2.45) is 0 Å².